The Hall–Kier alpha value is -2.31. The van der Waals surface area contributed by atoms with Crippen LogP contribution >= 0.6 is 23.2 Å². The van der Waals surface area contributed by atoms with E-state index in [1.54, 1.807) is 0 Å². The van der Waals surface area contributed by atoms with Crippen LogP contribution in [0.3, 0.4) is 0 Å². The third kappa shape index (κ3) is 7.99. The zero-order valence-electron chi connectivity index (χ0n) is 17.7. The number of nitrogens with one attached hydrogen (secondary N) is 2. The summed E-state index contributed by atoms with van der Waals surface area (Å²) in [7, 11) is 0. The van der Waals surface area contributed by atoms with Crippen LogP contribution in [-0.2, 0) is 16.0 Å². The number of benzene rings is 2. The minimum Gasteiger partial charge on any atom is -0.484 e. The lowest BCUT2D eigenvalue weighted by Gasteiger charge is -2.29. The summed E-state index contributed by atoms with van der Waals surface area (Å²) in [4.78, 5) is 24.3. The van der Waals surface area contributed by atoms with E-state index in [1.165, 1.54) is 12.1 Å². The Morgan fingerprint density at radius 3 is 2.53 bits per heavy atom. The number of aryl methyl sites for hydroxylation is 1. The summed E-state index contributed by atoms with van der Waals surface area (Å²) in [5.41, 5.74) is 1.05. The van der Waals surface area contributed by atoms with Gasteiger partial charge in [0.05, 0.1) is 5.02 Å². The van der Waals surface area contributed by atoms with Gasteiger partial charge in [-0.05, 0) is 67.9 Å². The minimum absolute atomic E-state index is 0.0101. The molecule has 1 saturated carbocycles. The molecule has 0 heterocycles. The monoisotopic (exact) mass is 480 g/mol. The first-order valence-electron chi connectivity index (χ1n) is 10.8. The lowest BCUT2D eigenvalue weighted by atomic mass is 9.86. The molecule has 1 fully saturated rings. The van der Waals surface area contributed by atoms with Crippen molar-refractivity contribution in [1.29, 1.82) is 0 Å². The van der Waals surface area contributed by atoms with Crippen LogP contribution in [0, 0.1) is 11.7 Å². The average molecular weight is 481 g/mol. The van der Waals surface area contributed by atoms with Crippen molar-refractivity contribution in [3.05, 3.63) is 63.9 Å². The number of hydrogen-bond donors (Lipinski definition) is 2. The second-order valence-corrected chi connectivity index (χ2v) is 8.93. The first kappa shape index (κ1) is 24.3. The van der Waals surface area contributed by atoms with E-state index >= 15 is 0 Å². The van der Waals surface area contributed by atoms with Gasteiger partial charge in [0.25, 0.3) is 5.91 Å². The van der Waals surface area contributed by atoms with Crippen LogP contribution in [0.25, 0.3) is 0 Å². The zero-order valence-corrected chi connectivity index (χ0v) is 19.2. The van der Waals surface area contributed by atoms with Crippen molar-refractivity contribution in [1.82, 2.24) is 10.6 Å². The zero-order chi connectivity index (χ0) is 22.9. The summed E-state index contributed by atoms with van der Waals surface area (Å²) in [5, 5.41) is 6.67. The van der Waals surface area contributed by atoms with Crippen LogP contribution in [0.1, 0.15) is 37.7 Å². The van der Waals surface area contributed by atoms with E-state index in [9.17, 15) is 14.0 Å². The predicted octanol–water partition coefficient (Wildman–Crippen LogP) is 4.94. The SMILES string of the molecule is O=C(CCc1cccc(Cl)c1)NC[C@H]1CC[C@H](NC(=O)COc2ccc(Cl)c(F)c2)CC1. The lowest BCUT2D eigenvalue weighted by Crippen LogP contribution is -2.41. The average Bonchev–Trinajstić information content (AvgIpc) is 2.78. The van der Waals surface area contributed by atoms with Gasteiger partial charge in [-0.1, -0.05) is 35.3 Å². The summed E-state index contributed by atoms with van der Waals surface area (Å²) >= 11 is 11.6. The molecule has 32 heavy (non-hydrogen) atoms. The summed E-state index contributed by atoms with van der Waals surface area (Å²) in [6, 6.07) is 11.7. The van der Waals surface area contributed by atoms with E-state index in [0.29, 0.717) is 30.3 Å². The Morgan fingerprint density at radius 1 is 1.03 bits per heavy atom. The number of amides is 2. The number of hydrogen-bond acceptors (Lipinski definition) is 3. The van der Waals surface area contributed by atoms with E-state index < -0.39 is 5.82 Å². The standard InChI is InChI=1S/C24H27Cl2FN2O3/c25-18-3-1-2-16(12-18)6-11-23(30)28-14-17-4-7-19(8-5-17)29-24(31)15-32-20-9-10-21(26)22(27)13-20/h1-3,9-10,12-13,17,19H,4-8,11,14-15H2,(H,28,30)(H,29,31)/t17-,19-. The molecular weight excluding hydrogens is 454 g/mol. The molecule has 2 aromatic rings. The van der Waals surface area contributed by atoms with Crippen LogP contribution in [0.5, 0.6) is 5.75 Å². The van der Waals surface area contributed by atoms with Crippen molar-refractivity contribution >= 4 is 35.0 Å². The van der Waals surface area contributed by atoms with Crippen molar-refractivity contribution in [2.24, 2.45) is 5.92 Å². The van der Waals surface area contributed by atoms with Gasteiger partial charge in [-0.2, -0.15) is 0 Å². The second-order valence-electron chi connectivity index (χ2n) is 8.08. The lowest BCUT2D eigenvalue weighted by molar-refractivity contribution is -0.124. The molecular formula is C24H27Cl2FN2O3. The topological polar surface area (TPSA) is 67.4 Å². The molecule has 3 rings (SSSR count). The molecule has 0 aliphatic heterocycles. The molecule has 2 amide bonds. The fraction of sp³-hybridized carbons (Fsp3) is 0.417. The van der Waals surface area contributed by atoms with E-state index in [2.05, 4.69) is 10.6 Å². The molecule has 2 N–H and O–H groups in total. The summed E-state index contributed by atoms with van der Waals surface area (Å²) < 4.78 is 18.7. The quantitative estimate of drug-likeness (QED) is 0.534. The van der Waals surface area contributed by atoms with Gasteiger partial charge in [0.15, 0.2) is 6.61 Å². The van der Waals surface area contributed by atoms with Crippen LogP contribution in [0.4, 0.5) is 4.39 Å². The molecule has 0 bridgehead atoms. The van der Waals surface area contributed by atoms with Gasteiger partial charge >= 0.3 is 0 Å². The fourth-order valence-electron chi connectivity index (χ4n) is 3.79. The normalized spacial score (nSPS) is 18.1. The molecule has 0 aromatic heterocycles. The van der Waals surface area contributed by atoms with Crippen molar-refractivity contribution in [3.63, 3.8) is 0 Å². The van der Waals surface area contributed by atoms with Crippen molar-refractivity contribution in [2.75, 3.05) is 13.2 Å². The van der Waals surface area contributed by atoms with Gasteiger partial charge in [0.2, 0.25) is 5.91 Å². The molecule has 0 spiro atoms. The maximum atomic E-state index is 13.4. The van der Waals surface area contributed by atoms with Gasteiger partial charge in [-0.25, -0.2) is 4.39 Å². The van der Waals surface area contributed by atoms with E-state index in [4.69, 9.17) is 27.9 Å². The van der Waals surface area contributed by atoms with Crippen molar-refractivity contribution in [2.45, 2.75) is 44.6 Å². The first-order chi connectivity index (χ1) is 15.4. The highest BCUT2D eigenvalue weighted by Gasteiger charge is 2.23. The highest BCUT2D eigenvalue weighted by molar-refractivity contribution is 6.31. The van der Waals surface area contributed by atoms with Crippen LogP contribution in [-0.4, -0.2) is 31.0 Å². The predicted molar refractivity (Wildman–Crippen MR) is 124 cm³/mol. The van der Waals surface area contributed by atoms with Crippen LogP contribution in [0.2, 0.25) is 10.0 Å². The Morgan fingerprint density at radius 2 is 1.81 bits per heavy atom. The molecule has 0 unspecified atom stereocenters. The number of carbonyl (C=O) groups is 2. The van der Waals surface area contributed by atoms with Gasteiger partial charge < -0.3 is 15.4 Å². The highest BCUT2D eigenvalue weighted by Crippen LogP contribution is 2.24. The Bertz CT molecular complexity index is 933. The van der Waals surface area contributed by atoms with Crippen LogP contribution in [0.15, 0.2) is 42.5 Å². The molecule has 8 heteroatoms. The second kappa shape index (κ2) is 12.1. The van der Waals surface area contributed by atoms with E-state index in [-0.39, 0.29) is 35.2 Å². The van der Waals surface area contributed by atoms with Crippen molar-refractivity contribution in [3.8, 4) is 5.75 Å². The van der Waals surface area contributed by atoms with Gasteiger partial charge in [-0.3, -0.25) is 9.59 Å². The molecule has 0 radical (unpaired) electrons. The smallest absolute Gasteiger partial charge is 0.258 e. The Balaban J connectivity index is 1.29. The highest BCUT2D eigenvalue weighted by atomic mass is 35.5. The molecule has 0 atom stereocenters. The van der Waals surface area contributed by atoms with Gasteiger partial charge in [0.1, 0.15) is 11.6 Å². The summed E-state index contributed by atoms with van der Waals surface area (Å²) in [6.07, 6.45) is 4.67. The molecule has 1 aliphatic carbocycles. The maximum absolute atomic E-state index is 13.4. The number of halogens is 3. The first-order valence-corrected chi connectivity index (χ1v) is 11.5. The van der Waals surface area contributed by atoms with Gasteiger partial charge in [-0.15, -0.1) is 0 Å². The third-order valence-electron chi connectivity index (χ3n) is 5.59. The van der Waals surface area contributed by atoms with E-state index in [0.717, 1.165) is 37.3 Å². The largest absolute Gasteiger partial charge is 0.484 e. The molecule has 172 valence electrons. The summed E-state index contributed by atoms with van der Waals surface area (Å²) in [6.45, 7) is 0.476. The maximum Gasteiger partial charge on any atom is 0.258 e. The Labute approximate surface area is 197 Å². The Kier molecular flexibility index (Phi) is 9.18. The molecule has 2 aromatic carbocycles. The number of carbonyl (C=O) groups excluding carboxylic acids is 2. The van der Waals surface area contributed by atoms with Crippen LogP contribution < -0.4 is 15.4 Å². The molecule has 1 aliphatic rings. The fourth-order valence-corrected chi connectivity index (χ4v) is 4.12. The molecule has 0 saturated heterocycles. The van der Waals surface area contributed by atoms with Crippen molar-refractivity contribution < 1.29 is 18.7 Å². The number of rotatable bonds is 9. The third-order valence-corrected chi connectivity index (χ3v) is 6.13. The minimum atomic E-state index is -0.584. The molecule has 5 nitrogen and oxygen atoms in total. The van der Waals surface area contributed by atoms with Gasteiger partial charge in [0, 0.05) is 30.1 Å². The van der Waals surface area contributed by atoms with E-state index in [1.807, 2.05) is 24.3 Å². The summed E-state index contributed by atoms with van der Waals surface area (Å²) in [5.74, 6) is -0.114. The number of ether oxygens (including phenoxy) is 1.